The molecule has 1 atom stereocenters. The number of benzene rings is 1. The molecule has 1 aromatic carbocycles. The van der Waals surface area contributed by atoms with Crippen molar-refractivity contribution in [3.05, 3.63) is 34.2 Å². The van der Waals surface area contributed by atoms with Crippen molar-refractivity contribution in [2.24, 2.45) is 0 Å². The molecule has 1 aliphatic rings. The summed E-state index contributed by atoms with van der Waals surface area (Å²) in [7, 11) is -3.88. The van der Waals surface area contributed by atoms with Gasteiger partial charge < -0.3 is 10.2 Å². The first-order valence-electron chi connectivity index (χ1n) is 4.82. The van der Waals surface area contributed by atoms with Gasteiger partial charge in [-0.05, 0) is 30.2 Å². The molecule has 1 unspecified atom stereocenters. The Bertz CT molecular complexity index is 627. The molecule has 0 fully saturated rings. The molecule has 1 heterocycles. The molecule has 1 aliphatic heterocycles. The van der Waals surface area contributed by atoms with E-state index in [1.54, 1.807) is 19.1 Å². The van der Waals surface area contributed by atoms with Crippen molar-refractivity contribution in [2.75, 3.05) is 0 Å². The van der Waals surface area contributed by atoms with E-state index in [2.05, 4.69) is 0 Å². The lowest BCUT2D eigenvalue weighted by atomic mass is 10.1. The summed E-state index contributed by atoms with van der Waals surface area (Å²) < 4.78 is 24.0. The fourth-order valence-electron chi connectivity index (χ4n) is 1.70. The molecule has 0 aliphatic carbocycles. The summed E-state index contributed by atoms with van der Waals surface area (Å²) in [5.74, 6) is -1.58. The second-order valence-electron chi connectivity index (χ2n) is 3.83. The lowest BCUT2D eigenvalue weighted by Gasteiger charge is -2.07. The highest BCUT2D eigenvalue weighted by Gasteiger charge is 2.37. The van der Waals surface area contributed by atoms with Gasteiger partial charge in [-0.2, -0.15) is 0 Å². The first-order valence-corrected chi connectivity index (χ1v) is 6.30. The third-order valence-corrected chi connectivity index (χ3v) is 4.46. The van der Waals surface area contributed by atoms with E-state index in [0.29, 0.717) is 5.56 Å². The zero-order valence-electron chi connectivity index (χ0n) is 8.91. The minimum atomic E-state index is -3.88. The van der Waals surface area contributed by atoms with E-state index in [-0.39, 0.29) is 4.90 Å². The Kier molecular flexibility index (Phi) is 2.56. The Morgan fingerprint density at radius 1 is 1.35 bits per heavy atom. The molecule has 2 N–H and O–H groups in total. The van der Waals surface area contributed by atoms with E-state index < -0.39 is 26.8 Å². The molecule has 17 heavy (non-hydrogen) atoms. The van der Waals surface area contributed by atoms with Crippen LogP contribution in [-0.4, -0.2) is 30.7 Å². The molecule has 1 aromatic rings. The highest BCUT2D eigenvalue weighted by Crippen LogP contribution is 2.35. The van der Waals surface area contributed by atoms with Crippen LogP contribution in [0.3, 0.4) is 0 Å². The van der Waals surface area contributed by atoms with Gasteiger partial charge in [0.15, 0.2) is 6.10 Å². The zero-order valence-corrected chi connectivity index (χ0v) is 9.73. The molecular formula is C11H10O5S. The average molecular weight is 254 g/mol. The maximum atomic E-state index is 12.0. The van der Waals surface area contributed by atoms with Crippen molar-refractivity contribution in [3.8, 4) is 0 Å². The summed E-state index contributed by atoms with van der Waals surface area (Å²) >= 11 is 0. The third kappa shape index (κ3) is 1.75. The number of sulfone groups is 1. The Morgan fingerprint density at radius 3 is 2.59 bits per heavy atom. The van der Waals surface area contributed by atoms with E-state index >= 15 is 0 Å². The normalized spacial score (nSPS) is 18.4. The fraction of sp³-hybridized carbons (Fsp3) is 0.182. The lowest BCUT2D eigenvalue weighted by Crippen LogP contribution is -2.25. The lowest BCUT2D eigenvalue weighted by molar-refractivity contribution is -0.144. The largest absolute Gasteiger partial charge is 0.479 e. The second-order valence-corrected chi connectivity index (χ2v) is 5.75. The van der Waals surface area contributed by atoms with E-state index in [4.69, 9.17) is 5.11 Å². The quantitative estimate of drug-likeness (QED) is 0.805. The van der Waals surface area contributed by atoms with Crippen LogP contribution in [0.2, 0.25) is 0 Å². The number of carboxylic acids is 1. The molecule has 0 bridgehead atoms. The molecule has 0 radical (unpaired) electrons. The number of rotatable bonds is 2. The summed E-state index contributed by atoms with van der Waals surface area (Å²) in [5, 5.41) is 18.0. The van der Waals surface area contributed by atoms with Gasteiger partial charge in [0, 0.05) is 0 Å². The van der Waals surface area contributed by atoms with Crippen LogP contribution in [0.15, 0.2) is 28.0 Å². The van der Waals surface area contributed by atoms with E-state index in [1.807, 2.05) is 0 Å². The predicted molar refractivity (Wildman–Crippen MR) is 60.0 cm³/mol. The van der Waals surface area contributed by atoms with Gasteiger partial charge in [0.05, 0.1) is 9.80 Å². The number of fused-ring (bicyclic) bond motifs is 1. The maximum Gasteiger partial charge on any atom is 0.337 e. The highest BCUT2D eigenvalue weighted by molar-refractivity contribution is 7.96. The molecule has 0 aromatic heterocycles. The van der Waals surface area contributed by atoms with Crippen molar-refractivity contribution < 1.29 is 23.4 Å². The van der Waals surface area contributed by atoms with Crippen LogP contribution in [0, 0.1) is 6.92 Å². The van der Waals surface area contributed by atoms with E-state index in [9.17, 15) is 18.3 Å². The zero-order chi connectivity index (χ0) is 12.8. The van der Waals surface area contributed by atoms with Gasteiger partial charge in [-0.3, -0.25) is 0 Å². The number of aliphatic hydroxyl groups excluding tert-OH is 1. The van der Waals surface area contributed by atoms with Crippen molar-refractivity contribution in [1.29, 1.82) is 0 Å². The molecule has 5 nitrogen and oxygen atoms in total. The number of aliphatic carboxylic acids is 1. The van der Waals surface area contributed by atoms with Crippen LogP contribution in [0.25, 0.3) is 6.08 Å². The smallest absolute Gasteiger partial charge is 0.337 e. The van der Waals surface area contributed by atoms with Crippen LogP contribution in [0.5, 0.6) is 0 Å². The number of hydrogen-bond acceptors (Lipinski definition) is 4. The summed E-state index contributed by atoms with van der Waals surface area (Å²) in [6, 6.07) is 4.77. The van der Waals surface area contributed by atoms with Gasteiger partial charge in [-0.15, -0.1) is 0 Å². The Morgan fingerprint density at radius 2 is 2.00 bits per heavy atom. The van der Waals surface area contributed by atoms with Gasteiger partial charge in [-0.1, -0.05) is 12.1 Å². The minimum absolute atomic E-state index is 0.0489. The summed E-state index contributed by atoms with van der Waals surface area (Å²) in [6.45, 7) is 1.74. The van der Waals surface area contributed by atoms with Gasteiger partial charge >= 0.3 is 5.97 Å². The van der Waals surface area contributed by atoms with Gasteiger partial charge in [0.1, 0.15) is 0 Å². The predicted octanol–water partition coefficient (Wildman–Crippen LogP) is 0.569. The molecular weight excluding hydrogens is 244 g/mol. The first kappa shape index (κ1) is 11.8. The molecule has 0 amide bonds. The summed E-state index contributed by atoms with van der Waals surface area (Å²) in [6.07, 6.45) is -0.823. The van der Waals surface area contributed by atoms with Gasteiger partial charge in [0.25, 0.3) is 0 Å². The molecule has 2 rings (SSSR count). The van der Waals surface area contributed by atoms with Crippen molar-refractivity contribution in [2.45, 2.75) is 17.9 Å². The third-order valence-electron chi connectivity index (χ3n) is 2.57. The van der Waals surface area contributed by atoms with Crippen molar-refractivity contribution in [1.82, 2.24) is 0 Å². The van der Waals surface area contributed by atoms with Crippen LogP contribution >= 0.6 is 0 Å². The van der Waals surface area contributed by atoms with Crippen LogP contribution < -0.4 is 0 Å². The summed E-state index contributed by atoms with van der Waals surface area (Å²) in [5.41, 5.74) is 1.16. The van der Waals surface area contributed by atoms with Crippen LogP contribution in [0.4, 0.5) is 0 Å². The van der Waals surface area contributed by atoms with Crippen LogP contribution in [-0.2, 0) is 14.6 Å². The van der Waals surface area contributed by atoms with E-state index in [1.165, 1.54) is 12.1 Å². The topological polar surface area (TPSA) is 91.7 Å². The van der Waals surface area contributed by atoms with Gasteiger partial charge in [0.2, 0.25) is 9.84 Å². The Labute approximate surface area is 97.9 Å². The van der Waals surface area contributed by atoms with Gasteiger partial charge in [-0.25, -0.2) is 13.2 Å². The summed E-state index contributed by atoms with van der Waals surface area (Å²) in [4.78, 5) is 10.2. The number of carboxylic acid groups (broad SMARTS) is 1. The number of aryl methyl sites for hydroxylation is 1. The SMILES string of the molecule is Cc1ccc2c(c1)S(=O)(=O)C(C(O)C(=O)O)=C2. The molecule has 0 saturated carbocycles. The second kappa shape index (κ2) is 3.68. The number of carbonyl (C=O) groups is 1. The minimum Gasteiger partial charge on any atom is -0.479 e. The molecule has 90 valence electrons. The molecule has 0 spiro atoms. The van der Waals surface area contributed by atoms with Crippen molar-refractivity contribution in [3.63, 3.8) is 0 Å². The number of hydrogen-bond donors (Lipinski definition) is 2. The highest BCUT2D eigenvalue weighted by atomic mass is 32.2. The fourth-order valence-corrected chi connectivity index (χ4v) is 3.41. The molecule has 0 saturated heterocycles. The Balaban J connectivity index is 2.61. The molecule has 6 heteroatoms. The maximum absolute atomic E-state index is 12.0. The van der Waals surface area contributed by atoms with Crippen LogP contribution in [0.1, 0.15) is 11.1 Å². The standard InChI is InChI=1S/C11H10O5S/c1-6-2-3-7-5-9(10(12)11(13)14)17(15,16)8(7)4-6/h2-5,10,12H,1H3,(H,13,14). The Hall–Kier alpha value is -1.66. The average Bonchev–Trinajstić information content (AvgIpc) is 2.50. The first-order chi connectivity index (χ1) is 7.84. The van der Waals surface area contributed by atoms with E-state index in [0.717, 1.165) is 5.56 Å². The van der Waals surface area contributed by atoms with Crippen molar-refractivity contribution >= 4 is 21.9 Å². The monoisotopic (exact) mass is 254 g/mol. The number of aliphatic hydroxyl groups is 1.